The molecular formula is C17H26N2O. The molecule has 1 aromatic rings. The van der Waals surface area contributed by atoms with Crippen molar-refractivity contribution in [2.75, 3.05) is 26.2 Å². The first kappa shape index (κ1) is 13.9. The fraction of sp³-hybridized carbons (Fsp3) is 0.647. The predicted molar refractivity (Wildman–Crippen MR) is 82.1 cm³/mol. The summed E-state index contributed by atoms with van der Waals surface area (Å²) in [6, 6.07) is 6.51. The fourth-order valence-electron chi connectivity index (χ4n) is 3.54. The van der Waals surface area contributed by atoms with Crippen LogP contribution >= 0.6 is 0 Å². The number of benzene rings is 1. The van der Waals surface area contributed by atoms with Crippen LogP contribution in [0.4, 0.5) is 0 Å². The number of aryl methyl sites for hydroxylation is 1. The van der Waals surface area contributed by atoms with E-state index in [1.54, 1.807) is 0 Å². The number of hydrogen-bond acceptors (Lipinski definition) is 3. The predicted octanol–water partition coefficient (Wildman–Crippen LogP) is 2.22. The summed E-state index contributed by atoms with van der Waals surface area (Å²) in [5.41, 5.74) is 8.58. The molecule has 0 bridgehead atoms. The first-order valence-electron chi connectivity index (χ1n) is 7.84. The Hall–Kier alpha value is -1.06. The van der Waals surface area contributed by atoms with E-state index in [0.29, 0.717) is 12.0 Å². The number of piperidine rings is 1. The van der Waals surface area contributed by atoms with Gasteiger partial charge in [-0.25, -0.2) is 0 Å². The van der Waals surface area contributed by atoms with Crippen molar-refractivity contribution in [2.45, 2.75) is 32.8 Å². The molecule has 20 heavy (non-hydrogen) atoms. The molecular weight excluding hydrogens is 248 g/mol. The van der Waals surface area contributed by atoms with Gasteiger partial charge in [0.1, 0.15) is 11.9 Å². The van der Waals surface area contributed by atoms with Crippen LogP contribution in [0.25, 0.3) is 0 Å². The van der Waals surface area contributed by atoms with Gasteiger partial charge in [-0.2, -0.15) is 0 Å². The summed E-state index contributed by atoms with van der Waals surface area (Å²) in [4.78, 5) is 2.54. The summed E-state index contributed by atoms with van der Waals surface area (Å²) in [5.74, 6) is 2.50. The molecule has 2 aliphatic heterocycles. The van der Waals surface area contributed by atoms with E-state index in [0.717, 1.165) is 37.7 Å². The van der Waals surface area contributed by atoms with Crippen molar-refractivity contribution < 1.29 is 4.74 Å². The minimum atomic E-state index is 0.318. The van der Waals surface area contributed by atoms with E-state index in [9.17, 15) is 0 Å². The molecule has 1 aromatic carbocycles. The van der Waals surface area contributed by atoms with Gasteiger partial charge in [0.05, 0.1) is 0 Å². The highest BCUT2D eigenvalue weighted by molar-refractivity contribution is 5.40. The highest BCUT2D eigenvalue weighted by atomic mass is 16.5. The minimum Gasteiger partial charge on any atom is -0.488 e. The number of hydrogen-bond donors (Lipinski definition) is 1. The number of likely N-dealkylation sites (tertiary alicyclic amines) is 1. The van der Waals surface area contributed by atoms with Crippen molar-refractivity contribution in [3.63, 3.8) is 0 Å². The van der Waals surface area contributed by atoms with Crippen LogP contribution < -0.4 is 10.5 Å². The lowest BCUT2D eigenvalue weighted by atomic mass is 9.87. The monoisotopic (exact) mass is 274 g/mol. The first-order valence-corrected chi connectivity index (χ1v) is 7.84. The largest absolute Gasteiger partial charge is 0.488 e. The molecule has 3 nitrogen and oxygen atoms in total. The maximum Gasteiger partial charge on any atom is 0.123 e. The van der Waals surface area contributed by atoms with Crippen LogP contribution in [0.5, 0.6) is 5.75 Å². The van der Waals surface area contributed by atoms with E-state index in [1.807, 2.05) is 0 Å². The van der Waals surface area contributed by atoms with Crippen LogP contribution in [0.15, 0.2) is 18.2 Å². The van der Waals surface area contributed by atoms with Crippen molar-refractivity contribution in [1.82, 2.24) is 4.90 Å². The van der Waals surface area contributed by atoms with Crippen molar-refractivity contribution in [1.29, 1.82) is 0 Å². The maximum absolute atomic E-state index is 6.09. The van der Waals surface area contributed by atoms with Gasteiger partial charge in [-0.3, -0.25) is 4.90 Å². The molecule has 3 unspecified atom stereocenters. The second kappa shape index (κ2) is 5.74. The Labute approximate surface area is 122 Å². The molecule has 0 spiro atoms. The Morgan fingerprint density at radius 3 is 3.05 bits per heavy atom. The van der Waals surface area contributed by atoms with E-state index < -0.39 is 0 Å². The normalized spacial score (nSPS) is 30.1. The van der Waals surface area contributed by atoms with Crippen molar-refractivity contribution >= 4 is 0 Å². The third kappa shape index (κ3) is 2.84. The zero-order valence-corrected chi connectivity index (χ0v) is 12.6. The minimum absolute atomic E-state index is 0.318. The summed E-state index contributed by atoms with van der Waals surface area (Å²) in [5, 5.41) is 0. The molecule has 2 aliphatic rings. The van der Waals surface area contributed by atoms with Crippen LogP contribution in [-0.4, -0.2) is 37.2 Å². The van der Waals surface area contributed by atoms with Crippen LogP contribution in [0.2, 0.25) is 0 Å². The molecule has 0 radical (unpaired) electrons. The number of nitrogens with two attached hydrogens (primary N) is 1. The van der Waals surface area contributed by atoms with E-state index in [4.69, 9.17) is 10.5 Å². The van der Waals surface area contributed by atoms with Crippen molar-refractivity contribution in [3.05, 3.63) is 29.3 Å². The summed E-state index contributed by atoms with van der Waals surface area (Å²) >= 11 is 0. The van der Waals surface area contributed by atoms with Crippen LogP contribution in [0.3, 0.4) is 0 Å². The molecule has 1 saturated heterocycles. The van der Waals surface area contributed by atoms with Gasteiger partial charge in [-0.1, -0.05) is 24.6 Å². The SMILES string of the molecule is Cc1ccc2c(c1)CC(CN1CCC(C)C(CN)C1)O2. The number of rotatable bonds is 3. The molecule has 110 valence electrons. The van der Waals surface area contributed by atoms with Gasteiger partial charge in [0.15, 0.2) is 0 Å². The zero-order chi connectivity index (χ0) is 14.1. The quantitative estimate of drug-likeness (QED) is 0.918. The van der Waals surface area contributed by atoms with Crippen LogP contribution in [0.1, 0.15) is 24.5 Å². The second-order valence-electron chi connectivity index (χ2n) is 6.58. The molecule has 0 amide bonds. The highest BCUT2D eigenvalue weighted by Gasteiger charge is 2.29. The lowest BCUT2D eigenvalue weighted by molar-refractivity contribution is 0.0881. The van der Waals surface area contributed by atoms with Crippen molar-refractivity contribution in [3.8, 4) is 5.75 Å². The van der Waals surface area contributed by atoms with E-state index in [-0.39, 0.29) is 0 Å². The molecule has 0 aliphatic carbocycles. The molecule has 3 atom stereocenters. The standard InChI is InChI=1S/C17H26N2O/c1-12-3-4-17-14(7-12)8-16(20-17)11-19-6-5-13(2)15(9-18)10-19/h3-4,7,13,15-16H,5-6,8-11,18H2,1-2H3. The number of nitrogens with zero attached hydrogens (tertiary/aromatic N) is 1. The van der Waals surface area contributed by atoms with E-state index >= 15 is 0 Å². The molecule has 1 fully saturated rings. The second-order valence-corrected chi connectivity index (χ2v) is 6.58. The van der Waals surface area contributed by atoms with Gasteiger partial charge in [-0.05, 0) is 49.9 Å². The number of ether oxygens (including phenoxy) is 1. The zero-order valence-electron chi connectivity index (χ0n) is 12.6. The molecule has 0 saturated carbocycles. The summed E-state index contributed by atoms with van der Waals surface area (Å²) in [6.45, 7) is 8.64. The van der Waals surface area contributed by atoms with Crippen LogP contribution in [-0.2, 0) is 6.42 Å². The summed E-state index contributed by atoms with van der Waals surface area (Å²) in [7, 11) is 0. The molecule has 3 heteroatoms. The first-order chi connectivity index (χ1) is 9.65. The van der Waals surface area contributed by atoms with Crippen molar-refractivity contribution in [2.24, 2.45) is 17.6 Å². The van der Waals surface area contributed by atoms with Gasteiger partial charge in [0.2, 0.25) is 0 Å². The molecule has 2 N–H and O–H groups in total. The molecule has 0 aromatic heterocycles. The Balaban J connectivity index is 1.58. The van der Waals surface area contributed by atoms with Gasteiger partial charge in [-0.15, -0.1) is 0 Å². The van der Waals surface area contributed by atoms with Gasteiger partial charge < -0.3 is 10.5 Å². The smallest absolute Gasteiger partial charge is 0.123 e. The average Bonchev–Trinajstić information content (AvgIpc) is 2.82. The van der Waals surface area contributed by atoms with E-state index in [2.05, 4.69) is 36.9 Å². The molecule has 3 rings (SSSR count). The highest BCUT2D eigenvalue weighted by Crippen LogP contribution is 2.31. The Bertz CT molecular complexity index is 474. The average molecular weight is 274 g/mol. The third-order valence-corrected chi connectivity index (χ3v) is 4.92. The van der Waals surface area contributed by atoms with Gasteiger partial charge in [0, 0.05) is 19.5 Å². The molecule has 2 heterocycles. The Kier molecular flexibility index (Phi) is 3.99. The fourth-order valence-corrected chi connectivity index (χ4v) is 3.54. The van der Waals surface area contributed by atoms with E-state index in [1.165, 1.54) is 24.1 Å². The van der Waals surface area contributed by atoms with Gasteiger partial charge >= 0.3 is 0 Å². The Morgan fingerprint density at radius 1 is 1.40 bits per heavy atom. The lowest BCUT2D eigenvalue weighted by Gasteiger charge is -2.37. The maximum atomic E-state index is 6.09. The Morgan fingerprint density at radius 2 is 2.25 bits per heavy atom. The third-order valence-electron chi connectivity index (χ3n) is 4.92. The summed E-state index contributed by atoms with van der Waals surface area (Å²) < 4.78 is 6.09. The number of fused-ring (bicyclic) bond motifs is 1. The lowest BCUT2D eigenvalue weighted by Crippen LogP contribution is -2.46. The van der Waals surface area contributed by atoms with Gasteiger partial charge in [0.25, 0.3) is 0 Å². The van der Waals surface area contributed by atoms with Crippen LogP contribution in [0, 0.1) is 18.8 Å². The topological polar surface area (TPSA) is 38.5 Å². The summed E-state index contributed by atoms with van der Waals surface area (Å²) in [6.07, 6.45) is 2.63.